The Kier molecular flexibility index (Phi) is 3.11. The summed E-state index contributed by atoms with van der Waals surface area (Å²) in [5.74, 6) is 0. The summed E-state index contributed by atoms with van der Waals surface area (Å²) in [5, 5.41) is 3.30. The molecular formula is C15H15N3O. The van der Waals surface area contributed by atoms with Crippen molar-refractivity contribution in [2.75, 3.05) is 0 Å². The van der Waals surface area contributed by atoms with E-state index in [1.807, 2.05) is 36.4 Å². The molecule has 0 bridgehead atoms. The van der Waals surface area contributed by atoms with E-state index in [2.05, 4.69) is 10.3 Å². The fraction of sp³-hybridized carbons (Fsp3) is 0.200. The third-order valence-electron chi connectivity index (χ3n) is 3.60. The van der Waals surface area contributed by atoms with Crippen LogP contribution < -0.4 is 11.1 Å². The number of rotatable bonds is 2. The van der Waals surface area contributed by atoms with E-state index in [1.165, 1.54) is 0 Å². The second-order valence-electron chi connectivity index (χ2n) is 4.70. The first-order valence-electron chi connectivity index (χ1n) is 6.27. The summed E-state index contributed by atoms with van der Waals surface area (Å²) < 4.78 is 0. The van der Waals surface area contributed by atoms with Crippen molar-refractivity contribution in [1.82, 2.24) is 10.3 Å². The third-order valence-corrected chi connectivity index (χ3v) is 3.60. The van der Waals surface area contributed by atoms with Crippen LogP contribution in [-0.4, -0.2) is 17.3 Å². The minimum absolute atomic E-state index is 0.0193. The number of carbonyl (C=O) groups is 1. The number of benzene rings is 1. The Morgan fingerprint density at radius 3 is 2.47 bits per heavy atom. The van der Waals surface area contributed by atoms with E-state index < -0.39 is 0 Å². The van der Waals surface area contributed by atoms with Gasteiger partial charge in [-0.2, -0.15) is 0 Å². The zero-order valence-electron chi connectivity index (χ0n) is 10.4. The van der Waals surface area contributed by atoms with Gasteiger partial charge in [-0.25, -0.2) is 0 Å². The predicted molar refractivity (Wildman–Crippen MR) is 72.4 cm³/mol. The zero-order chi connectivity index (χ0) is 13.2. The Hall–Kier alpha value is -2.04. The van der Waals surface area contributed by atoms with Gasteiger partial charge in [0.05, 0.1) is 18.1 Å². The van der Waals surface area contributed by atoms with E-state index in [9.17, 15) is 4.79 Å². The van der Waals surface area contributed by atoms with E-state index in [0.29, 0.717) is 0 Å². The number of nitrogens with one attached hydrogen (secondary N) is 1. The van der Waals surface area contributed by atoms with Crippen LogP contribution in [0.1, 0.15) is 28.8 Å². The maximum Gasteiger partial charge on any atom is 0.138 e. The standard InChI is InChI=1S/C15H15N3O/c16-14-11-3-1-2-4-12(11)15(18-13(14)9-19)10-5-7-17-8-6-10/h1-9,13-15,18H,16H2. The minimum Gasteiger partial charge on any atom is -0.322 e. The molecule has 4 nitrogen and oxygen atoms in total. The van der Waals surface area contributed by atoms with E-state index in [4.69, 9.17) is 5.73 Å². The SMILES string of the molecule is NC1c2ccccc2C(c2ccncc2)NC1C=O. The maximum atomic E-state index is 11.2. The molecule has 96 valence electrons. The Morgan fingerprint density at radius 1 is 1.11 bits per heavy atom. The summed E-state index contributed by atoms with van der Waals surface area (Å²) in [6, 6.07) is 11.2. The molecule has 0 radical (unpaired) electrons. The van der Waals surface area contributed by atoms with Gasteiger partial charge in [-0.1, -0.05) is 24.3 Å². The van der Waals surface area contributed by atoms with Crippen molar-refractivity contribution in [2.24, 2.45) is 5.73 Å². The van der Waals surface area contributed by atoms with E-state index >= 15 is 0 Å². The molecule has 2 aromatic rings. The van der Waals surface area contributed by atoms with Crippen LogP contribution in [0.25, 0.3) is 0 Å². The molecule has 3 unspecified atom stereocenters. The van der Waals surface area contributed by atoms with Gasteiger partial charge in [0.15, 0.2) is 0 Å². The Labute approximate surface area is 111 Å². The van der Waals surface area contributed by atoms with Crippen molar-refractivity contribution in [3.05, 3.63) is 65.5 Å². The van der Waals surface area contributed by atoms with Crippen molar-refractivity contribution in [1.29, 1.82) is 0 Å². The van der Waals surface area contributed by atoms with E-state index in [-0.39, 0.29) is 18.1 Å². The summed E-state index contributed by atoms with van der Waals surface area (Å²) in [6.45, 7) is 0. The number of aldehydes is 1. The molecule has 0 saturated carbocycles. The monoisotopic (exact) mass is 253 g/mol. The van der Waals surface area contributed by atoms with Gasteiger partial charge < -0.3 is 10.5 Å². The van der Waals surface area contributed by atoms with Crippen LogP contribution in [0.2, 0.25) is 0 Å². The van der Waals surface area contributed by atoms with Crippen molar-refractivity contribution in [3.8, 4) is 0 Å². The number of fused-ring (bicyclic) bond motifs is 1. The van der Waals surface area contributed by atoms with Crippen LogP contribution in [0, 0.1) is 0 Å². The highest BCUT2D eigenvalue weighted by Gasteiger charge is 2.32. The van der Waals surface area contributed by atoms with Gasteiger partial charge in [-0.3, -0.25) is 10.3 Å². The highest BCUT2D eigenvalue weighted by atomic mass is 16.1. The molecule has 0 spiro atoms. The average molecular weight is 253 g/mol. The van der Waals surface area contributed by atoms with Crippen molar-refractivity contribution < 1.29 is 4.79 Å². The Bertz CT molecular complexity index is 585. The molecule has 1 aromatic carbocycles. The zero-order valence-corrected chi connectivity index (χ0v) is 10.4. The van der Waals surface area contributed by atoms with E-state index in [0.717, 1.165) is 23.0 Å². The first-order chi connectivity index (χ1) is 9.31. The average Bonchev–Trinajstić information content (AvgIpc) is 2.49. The minimum atomic E-state index is -0.368. The smallest absolute Gasteiger partial charge is 0.138 e. The highest BCUT2D eigenvalue weighted by Crippen LogP contribution is 2.33. The molecule has 19 heavy (non-hydrogen) atoms. The molecule has 2 heterocycles. The summed E-state index contributed by atoms with van der Waals surface area (Å²) in [5.41, 5.74) is 9.37. The molecule has 3 N–H and O–H groups in total. The first-order valence-corrected chi connectivity index (χ1v) is 6.27. The Morgan fingerprint density at radius 2 is 1.79 bits per heavy atom. The third kappa shape index (κ3) is 2.05. The lowest BCUT2D eigenvalue weighted by molar-refractivity contribution is -0.110. The van der Waals surface area contributed by atoms with Crippen molar-refractivity contribution >= 4 is 6.29 Å². The van der Waals surface area contributed by atoms with Gasteiger partial charge in [0.25, 0.3) is 0 Å². The molecule has 3 atom stereocenters. The van der Waals surface area contributed by atoms with Crippen LogP contribution in [-0.2, 0) is 4.79 Å². The van der Waals surface area contributed by atoms with Crippen LogP contribution in [0.4, 0.5) is 0 Å². The molecule has 1 aliphatic rings. The van der Waals surface area contributed by atoms with Gasteiger partial charge in [-0.05, 0) is 28.8 Å². The van der Waals surface area contributed by atoms with Gasteiger partial charge in [0.2, 0.25) is 0 Å². The fourth-order valence-electron chi connectivity index (χ4n) is 2.61. The molecule has 1 aliphatic heterocycles. The summed E-state index contributed by atoms with van der Waals surface area (Å²) in [4.78, 5) is 15.2. The molecule has 0 amide bonds. The molecular weight excluding hydrogens is 238 g/mol. The number of aromatic nitrogens is 1. The quantitative estimate of drug-likeness (QED) is 0.793. The summed E-state index contributed by atoms with van der Waals surface area (Å²) >= 11 is 0. The van der Waals surface area contributed by atoms with Gasteiger partial charge in [0.1, 0.15) is 6.29 Å². The molecule has 3 rings (SSSR count). The molecule has 0 aliphatic carbocycles. The predicted octanol–water partition coefficient (Wildman–Crippen LogP) is 1.34. The number of hydrogen-bond acceptors (Lipinski definition) is 4. The van der Waals surface area contributed by atoms with Crippen LogP contribution in [0.15, 0.2) is 48.8 Å². The number of carbonyl (C=O) groups excluding carboxylic acids is 1. The van der Waals surface area contributed by atoms with E-state index in [1.54, 1.807) is 12.4 Å². The van der Waals surface area contributed by atoms with Crippen molar-refractivity contribution in [3.63, 3.8) is 0 Å². The topological polar surface area (TPSA) is 68.0 Å². The second kappa shape index (κ2) is 4.91. The van der Waals surface area contributed by atoms with Gasteiger partial charge in [-0.15, -0.1) is 0 Å². The molecule has 0 fully saturated rings. The van der Waals surface area contributed by atoms with Crippen molar-refractivity contribution in [2.45, 2.75) is 18.1 Å². The molecule has 4 heteroatoms. The first kappa shape index (κ1) is 12.0. The lowest BCUT2D eigenvalue weighted by Crippen LogP contribution is -2.47. The van der Waals surface area contributed by atoms with Crippen LogP contribution >= 0.6 is 0 Å². The number of hydrogen-bond donors (Lipinski definition) is 2. The lowest BCUT2D eigenvalue weighted by Gasteiger charge is -2.35. The van der Waals surface area contributed by atoms with Crippen LogP contribution in [0.3, 0.4) is 0 Å². The molecule has 0 saturated heterocycles. The lowest BCUT2D eigenvalue weighted by atomic mass is 9.84. The maximum absolute atomic E-state index is 11.2. The molecule has 1 aromatic heterocycles. The Balaban J connectivity index is 2.11. The summed E-state index contributed by atoms with van der Waals surface area (Å²) in [6.07, 6.45) is 4.39. The number of pyridine rings is 1. The number of nitrogens with zero attached hydrogens (tertiary/aromatic N) is 1. The second-order valence-corrected chi connectivity index (χ2v) is 4.70. The summed E-state index contributed by atoms with van der Waals surface area (Å²) in [7, 11) is 0. The highest BCUT2D eigenvalue weighted by molar-refractivity contribution is 5.62. The van der Waals surface area contributed by atoms with Gasteiger partial charge in [0, 0.05) is 12.4 Å². The largest absolute Gasteiger partial charge is 0.322 e. The number of nitrogens with two attached hydrogens (primary N) is 1. The van der Waals surface area contributed by atoms with Crippen LogP contribution in [0.5, 0.6) is 0 Å². The normalized spacial score (nSPS) is 25.6. The fourth-order valence-corrected chi connectivity index (χ4v) is 2.61. The van der Waals surface area contributed by atoms with Gasteiger partial charge >= 0.3 is 0 Å².